The SMILES string of the molecule is Cc1nc(CCC(=O)N2CCN(C=O)CC2)cs1. The Balaban J connectivity index is 1.77. The van der Waals surface area contributed by atoms with Crippen molar-refractivity contribution in [3.8, 4) is 0 Å². The van der Waals surface area contributed by atoms with Crippen LogP contribution in [0.4, 0.5) is 0 Å². The molecule has 98 valence electrons. The van der Waals surface area contributed by atoms with Crippen LogP contribution in [0.5, 0.6) is 0 Å². The van der Waals surface area contributed by atoms with Crippen molar-refractivity contribution in [3.05, 3.63) is 16.1 Å². The smallest absolute Gasteiger partial charge is 0.223 e. The maximum atomic E-state index is 12.0. The van der Waals surface area contributed by atoms with Crippen LogP contribution in [0.2, 0.25) is 0 Å². The predicted octanol–water partition coefficient (Wildman–Crippen LogP) is 0.685. The Hall–Kier alpha value is -1.43. The van der Waals surface area contributed by atoms with Gasteiger partial charge in [-0.3, -0.25) is 9.59 Å². The fraction of sp³-hybridized carbons (Fsp3) is 0.583. The van der Waals surface area contributed by atoms with Crippen LogP contribution >= 0.6 is 11.3 Å². The van der Waals surface area contributed by atoms with Crippen LogP contribution in [-0.4, -0.2) is 53.3 Å². The highest BCUT2D eigenvalue weighted by Crippen LogP contribution is 2.11. The number of amides is 2. The number of hydrogen-bond acceptors (Lipinski definition) is 4. The molecule has 1 aliphatic rings. The number of carbonyl (C=O) groups excluding carboxylic acids is 2. The summed E-state index contributed by atoms with van der Waals surface area (Å²) >= 11 is 1.61. The van der Waals surface area contributed by atoms with Crippen molar-refractivity contribution in [3.63, 3.8) is 0 Å². The van der Waals surface area contributed by atoms with Crippen molar-refractivity contribution < 1.29 is 9.59 Å². The van der Waals surface area contributed by atoms with Crippen LogP contribution in [-0.2, 0) is 16.0 Å². The molecular formula is C12H17N3O2S. The first kappa shape index (κ1) is 13.0. The molecule has 0 aromatic carbocycles. The Labute approximate surface area is 110 Å². The van der Waals surface area contributed by atoms with Crippen molar-refractivity contribution >= 4 is 23.7 Å². The van der Waals surface area contributed by atoms with Gasteiger partial charge in [-0.2, -0.15) is 0 Å². The van der Waals surface area contributed by atoms with E-state index in [0.29, 0.717) is 39.0 Å². The Morgan fingerprint density at radius 3 is 2.72 bits per heavy atom. The van der Waals surface area contributed by atoms with Gasteiger partial charge in [0.15, 0.2) is 0 Å². The fourth-order valence-corrected chi connectivity index (χ4v) is 2.64. The molecule has 0 radical (unpaired) electrons. The Morgan fingerprint density at radius 1 is 1.44 bits per heavy atom. The first-order chi connectivity index (χ1) is 8.69. The Bertz CT molecular complexity index is 425. The second kappa shape index (κ2) is 5.95. The summed E-state index contributed by atoms with van der Waals surface area (Å²) in [5.41, 5.74) is 0.998. The maximum absolute atomic E-state index is 12.0. The van der Waals surface area contributed by atoms with E-state index in [1.165, 1.54) is 0 Å². The summed E-state index contributed by atoms with van der Waals surface area (Å²) in [6.45, 7) is 4.55. The molecule has 0 aliphatic carbocycles. The predicted molar refractivity (Wildman–Crippen MR) is 69.4 cm³/mol. The first-order valence-corrected chi connectivity index (χ1v) is 6.95. The molecule has 0 bridgehead atoms. The van der Waals surface area contributed by atoms with E-state index >= 15 is 0 Å². The lowest BCUT2D eigenvalue weighted by molar-refractivity contribution is -0.135. The minimum atomic E-state index is 0.159. The molecule has 0 saturated carbocycles. The minimum absolute atomic E-state index is 0.159. The third kappa shape index (κ3) is 3.29. The summed E-state index contributed by atoms with van der Waals surface area (Å²) in [5, 5.41) is 3.05. The highest BCUT2D eigenvalue weighted by molar-refractivity contribution is 7.09. The van der Waals surface area contributed by atoms with Crippen LogP contribution < -0.4 is 0 Å². The maximum Gasteiger partial charge on any atom is 0.223 e. The van der Waals surface area contributed by atoms with Gasteiger partial charge in [-0.05, 0) is 13.3 Å². The highest BCUT2D eigenvalue weighted by atomic mass is 32.1. The van der Waals surface area contributed by atoms with Gasteiger partial charge in [0.05, 0.1) is 10.7 Å². The molecule has 0 N–H and O–H groups in total. The van der Waals surface area contributed by atoms with Gasteiger partial charge in [0, 0.05) is 38.0 Å². The van der Waals surface area contributed by atoms with Crippen molar-refractivity contribution in [1.29, 1.82) is 0 Å². The molecule has 2 heterocycles. The molecule has 0 spiro atoms. The highest BCUT2D eigenvalue weighted by Gasteiger charge is 2.19. The molecule has 1 aliphatic heterocycles. The summed E-state index contributed by atoms with van der Waals surface area (Å²) in [7, 11) is 0. The van der Waals surface area contributed by atoms with Gasteiger partial charge < -0.3 is 9.80 Å². The number of thiazole rings is 1. The number of aryl methyl sites for hydroxylation is 2. The first-order valence-electron chi connectivity index (χ1n) is 6.07. The van der Waals surface area contributed by atoms with Crippen molar-refractivity contribution in [2.45, 2.75) is 19.8 Å². The zero-order chi connectivity index (χ0) is 13.0. The topological polar surface area (TPSA) is 53.5 Å². The largest absolute Gasteiger partial charge is 0.342 e. The van der Waals surface area contributed by atoms with Crippen LogP contribution in [0, 0.1) is 6.92 Å². The molecule has 1 aromatic heterocycles. The standard InChI is InChI=1S/C12H17N3O2S/c1-10-13-11(8-18-10)2-3-12(17)15-6-4-14(9-16)5-7-15/h8-9H,2-7H2,1H3. The second-order valence-electron chi connectivity index (χ2n) is 4.38. The normalized spacial score (nSPS) is 15.8. The summed E-state index contributed by atoms with van der Waals surface area (Å²) in [4.78, 5) is 30.4. The summed E-state index contributed by atoms with van der Waals surface area (Å²) in [6, 6.07) is 0. The molecule has 2 rings (SSSR count). The van der Waals surface area contributed by atoms with Gasteiger partial charge in [0.1, 0.15) is 0 Å². The molecule has 5 nitrogen and oxygen atoms in total. The van der Waals surface area contributed by atoms with E-state index in [1.807, 2.05) is 17.2 Å². The van der Waals surface area contributed by atoms with Crippen LogP contribution in [0.25, 0.3) is 0 Å². The average Bonchev–Trinajstić information content (AvgIpc) is 2.82. The lowest BCUT2D eigenvalue weighted by Crippen LogP contribution is -2.48. The minimum Gasteiger partial charge on any atom is -0.342 e. The molecule has 0 unspecified atom stereocenters. The van der Waals surface area contributed by atoms with Crippen LogP contribution in [0.3, 0.4) is 0 Å². The number of piperazine rings is 1. The number of nitrogens with zero attached hydrogens (tertiary/aromatic N) is 3. The summed E-state index contributed by atoms with van der Waals surface area (Å²) in [6.07, 6.45) is 2.06. The van der Waals surface area contributed by atoms with Gasteiger partial charge in [-0.1, -0.05) is 0 Å². The lowest BCUT2D eigenvalue weighted by Gasteiger charge is -2.32. The summed E-state index contributed by atoms with van der Waals surface area (Å²) in [5.74, 6) is 0.159. The molecule has 1 aromatic rings. The van der Waals surface area contributed by atoms with E-state index in [2.05, 4.69) is 4.98 Å². The number of hydrogen-bond donors (Lipinski definition) is 0. The summed E-state index contributed by atoms with van der Waals surface area (Å²) < 4.78 is 0. The zero-order valence-electron chi connectivity index (χ0n) is 10.5. The van der Waals surface area contributed by atoms with Crippen LogP contribution in [0.1, 0.15) is 17.1 Å². The van der Waals surface area contributed by atoms with Gasteiger partial charge in [0.2, 0.25) is 12.3 Å². The quantitative estimate of drug-likeness (QED) is 0.754. The van der Waals surface area contributed by atoms with E-state index in [0.717, 1.165) is 17.1 Å². The molecule has 1 saturated heterocycles. The van der Waals surface area contributed by atoms with E-state index in [9.17, 15) is 9.59 Å². The second-order valence-corrected chi connectivity index (χ2v) is 5.44. The van der Waals surface area contributed by atoms with E-state index in [4.69, 9.17) is 0 Å². The van der Waals surface area contributed by atoms with Crippen molar-refractivity contribution in [1.82, 2.24) is 14.8 Å². The van der Waals surface area contributed by atoms with E-state index in [1.54, 1.807) is 16.2 Å². The molecule has 2 amide bonds. The van der Waals surface area contributed by atoms with Crippen molar-refractivity contribution in [2.75, 3.05) is 26.2 Å². The van der Waals surface area contributed by atoms with Gasteiger partial charge in [-0.25, -0.2) is 4.98 Å². The van der Waals surface area contributed by atoms with Gasteiger partial charge in [-0.15, -0.1) is 11.3 Å². The average molecular weight is 267 g/mol. The zero-order valence-corrected chi connectivity index (χ0v) is 11.3. The van der Waals surface area contributed by atoms with Gasteiger partial charge >= 0.3 is 0 Å². The molecule has 0 atom stereocenters. The monoisotopic (exact) mass is 267 g/mol. The van der Waals surface area contributed by atoms with Crippen molar-refractivity contribution in [2.24, 2.45) is 0 Å². The Kier molecular flexibility index (Phi) is 4.30. The molecule has 18 heavy (non-hydrogen) atoms. The third-order valence-corrected chi connectivity index (χ3v) is 3.90. The number of rotatable bonds is 4. The molecule has 6 heteroatoms. The van der Waals surface area contributed by atoms with Crippen LogP contribution in [0.15, 0.2) is 5.38 Å². The molecular weight excluding hydrogens is 250 g/mol. The Morgan fingerprint density at radius 2 is 2.17 bits per heavy atom. The number of carbonyl (C=O) groups is 2. The van der Waals surface area contributed by atoms with E-state index in [-0.39, 0.29) is 5.91 Å². The number of aromatic nitrogens is 1. The van der Waals surface area contributed by atoms with E-state index < -0.39 is 0 Å². The fourth-order valence-electron chi connectivity index (χ4n) is 1.99. The van der Waals surface area contributed by atoms with Gasteiger partial charge in [0.25, 0.3) is 0 Å². The third-order valence-electron chi connectivity index (χ3n) is 3.08. The lowest BCUT2D eigenvalue weighted by atomic mass is 10.2. The molecule has 1 fully saturated rings.